The molecule has 1 amide bonds. The molecule has 1 aromatic heterocycles. The molecule has 1 unspecified atom stereocenters. The Kier molecular flexibility index (Phi) is 8.98. The molecule has 3 aromatic carbocycles. The predicted octanol–water partition coefficient (Wildman–Crippen LogP) is 6.36. The van der Waals surface area contributed by atoms with E-state index in [-0.39, 0.29) is 11.9 Å². The molecule has 0 aliphatic heterocycles. The van der Waals surface area contributed by atoms with E-state index < -0.39 is 0 Å². The van der Waals surface area contributed by atoms with E-state index in [2.05, 4.69) is 16.0 Å². The van der Waals surface area contributed by atoms with Crippen LogP contribution in [0.1, 0.15) is 49.7 Å². The van der Waals surface area contributed by atoms with Crippen molar-refractivity contribution in [1.82, 2.24) is 14.9 Å². The van der Waals surface area contributed by atoms with Crippen molar-refractivity contribution in [2.45, 2.75) is 45.7 Å². The summed E-state index contributed by atoms with van der Waals surface area (Å²) in [5.74, 6) is 2.32. The Balaban J connectivity index is 1.40. The Morgan fingerprint density at radius 1 is 1.05 bits per heavy atom. The minimum absolute atomic E-state index is 0.0201. The number of carbonyl (C=O) groups is 1. The molecule has 0 aliphatic rings. The van der Waals surface area contributed by atoms with Gasteiger partial charge in [0.2, 0.25) is 5.91 Å². The number of imidazole rings is 1. The van der Waals surface area contributed by atoms with Crippen LogP contribution in [0.5, 0.6) is 11.5 Å². The molecule has 4 rings (SSSR count). The van der Waals surface area contributed by atoms with Crippen molar-refractivity contribution in [2.24, 2.45) is 0 Å². The Labute approximate surface area is 218 Å². The monoisotopic (exact) mass is 497 g/mol. The van der Waals surface area contributed by atoms with Crippen LogP contribution in [0.3, 0.4) is 0 Å². The lowest BCUT2D eigenvalue weighted by atomic mass is 10.1. The number of ether oxygens (including phenoxy) is 2. The molecule has 6 nitrogen and oxygen atoms in total. The smallest absolute Gasteiger partial charge is 0.220 e. The lowest BCUT2D eigenvalue weighted by Gasteiger charge is -2.17. The van der Waals surface area contributed by atoms with Crippen molar-refractivity contribution in [3.63, 3.8) is 0 Å². The van der Waals surface area contributed by atoms with Gasteiger partial charge in [-0.3, -0.25) is 4.79 Å². The van der Waals surface area contributed by atoms with Gasteiger partial charge in [-0.1, -0.05) is 60.7 Å². The fourth-order valence-electron chi connectivity index (χ4n) is 4.44. The summed E-state index contributed by atoms with van der Waals surface area (Å²) < 4.78 is 13.8. The highest BCUT2D eigenvalue weighted by atomic mass is 16.5. The third-order valence-electron chi connectivity index (χ3n) is 6.26. The number of fused-ring (bicyclic) bond motifs is 1. The first-order valence-corrected chi connectivity index (χ1v) is 12.8. The number of nitrogens with zero attached hydrogens (tertiary/aromatic N) is 2. The van der Waals surface area contributed by atoms with Crippen molar-refractivity contribution in [2.75, 3.05) is 13.7 Å². The molecule has 1 N–H and O–H groups in total. The number of aromatic nitrogens is 2. The van der Waals surface area contributed by atoms with Gasteiger partial charge >= 0.3 is 0 Å². The van der Waals surface area contributed by atoms with Gasteiger partial charge in [0.05, 0.1) is 30.8 Å². The van der Waals surface area contributed by atoms with Crippen LogP contribution >= 0.6 is 0 Å². The van der Waals surface area contributed by atoms with E-state index in [9.17, 15) is 4.79 Å². The van der Waals surface area contributed by atoms with E-state index in [1.807, 2.05) is 92.7 Å². The molecule has 0 spiro atoms. The number of allylic oxidation sites excluding steroid dienone is 1. The van der Waals surface area contributed by atoms with E-state index in [1.165, 1.54) is 0 Å². The fourth-order valence-corrected chi connectivity index (χ4v) is 4.44. The van der Waals surface area contributed by atoms with Gasteiger partial charge in [-0.15, -0.1) is 0 Å². The maximum Gasteiger partial charge on any atom is 0.220 e. The van der Waals surface area contributed by atoms with Crippen molar-refractivity contribution in [1.29, 1.82) is 0 Å². The van der Waals surface area contributed by atoms with Crippen LogP contribution in [0.2, 0.25) is 0 Å². The third-order valence-corrected chi connectivity index (χ3v) is 6.26. The second kappa shape index (κ2) is 12.8. The molecular formula is C31H35N3O3. The van der Waals surface area contributed by atoms with E-state index in [0.29, 0.717) is 19.4 Å². The minimum Gasteiger partial charge on any atom is -0.493 e. The van der Waals surface area contributed by atoms with Gasteiger partial charge in [0.25, 0.3) is 0 Å². The topological polar surface area (TPSA) is 65.4 Å². The molecule has 6 heteroatoms. The first-order valence-electron chi connectivity index (χ1n) is 12.8. The van der Waals surface area contributed by atoms with Crippen molar-refractivity contribution in [3.05, 3.63) is 95.8 Å². The normalized spacial score (nSPS) is 12.1. The Bertz CT molecular complexity index is 1340. The Hall–Kier alpha value is -4.06. The number of rotatable bonds is 12. The number of nitrogens with one attached hydrogen (secondary N) is 1. The van der Waals surface area contributed by atoms with Crippen LogP contribution in [0, 0.1) is 0 Å². The average Bonchev–Trinajstić information content (AvgIpc) is 3.30. The first-order chi connectivity index (χ1) is 18.1. The van der Waals surface area contributed by atoms with Gasteiger partial charge in [-0.25, -0.2) is 4.98 Å². The van der Waals surface area contributed by atoms with Crippen molar-refractivity contribution < 1.29 is 14.3 Å². The molecule has 0 radical (unpaired) electrons. The van der Waals surface area contributed by atoms with Gasteiger partial charge in [0.15, 0.2) is 11.5 Å². The number of para-hydroxylation sites is 2. The molecule has 0 saturated carbocycles. The van der Waals surface area contributed by atoms with Crippen molar-refractivity contribution in [3.8, 4) is 11.5 Å². The number of aryl methyl sites for hydroxylation is 2. The molecule has 0 aliphatic carbocycles. The Morgan fingerprint density at radius 2 is 1.84 bits per heavy atom. The van der Waals surface area contributed by atoms with Crippen LogP contribution in [-0.4, -0.2) is 29.2 Å². The van der Waals surface area contributed by atoms with E-state index in [1.54, 1.807) is 7.11 Å². The minimum atomic E-state index is -0.212. The summed E-state index contributed by atoms with van der Waals surface area (Å²) in [5, 5.41) is 3.14. The summed E-state index contributed by atoms with van der Waals surface area (Å²) in [4.78, 5) is 17.5. The van der Waals surface area contributed by atoms with Gasteiger partial charge in [0, 0.05) is 13.0 Å². The SMILES string of the molecule is C/C=C/c1ccc(OCCCn2c(C(C)NC(=O)CCc3ccccc3)nc3ccccc32)c(OC)c1. The van der Waals surface area contributed by atoms with Crippen LogP contribution < -0.4 is 14.8 Å². The fraction of sp³-hybridized carbons (Fsp3) is 0.290. The van der Waals surface area contributed by atoms with E-state index >= 15 is 0 Å². The number of hydrogen-bond acceptors (Lipinski definition) is 4. The molecule has 0 saturated heterocycles. The summed E-state index contributed by atoms with van der Waals surface area (Å²) >= 11 is 0. The van der Waals surface area contributed by atoms with Crippen LogP contribution in [0.15, 0.2) is 78.9 Å². The summed E-state index contributed by atoms with van der Waals surface area (Å²) in [6, 6.07) is 23.9. The number of methoxy groups -OCH3 is 1. The molecule has 1 atom stereocenters. The predicted molar refractivity (Wildman–Crippen MR) is 149 cm³/mol. The number of benzene rings is 3. The van der Waals surface area contributed by atoms with Gasteiger partial charge in [0.1, 0.15) is 5.82 Å². The zero-order valence-corrected chi connectivity index (χ0v) is 21.8. The molecule has 4 aromatic rings. The largest absolute Gasteiger partial charge is 0.493 e. The number of amides is 1. The summed E-state index contributed by atoms with van der Waals surface area (Å²) in [6.45, 7) is 5.23. The molecule has 192 valence electrons. The lowest BCUT2D eigenvalue weighted by molar-refractivity contribution is -0.121. The summed E-state index contributed by atoms with van der Waals surface area (Å²) in [5.41, 5.74) is 4.20. The molecule has 37 heavy (non-hydrogen) atoms. The molecule has 1 heterocycles. The standard InChI is InChI=1S/C31H35N3O3/c1-4-11-25-16-18-28(29(22-25)36-3)37-21-10-20-34-27-15-9-8-14-26(27)33-31(34)23(2)32-30(35)19-17-24-12-6-5-7-13-24/h4-9,11-16,18,22-23H,10,17,19-21H2,1-3H3,(H,32,35)/b11-4+. The van der Waals surface area contributed by atoms with E-state index in [4.69, 9.17) is 14.5 Å². The zero-order valence-electron chi connectivity index (χ0n) is 21.8. The Morgan fingerprint density at radius 3 is 2.62 bits per heavy atom. The summed E-state index contributed by atoms with van der Waals surface area (Å²) in [7, 11) is 1.65. The number of carbonyl (C=O) groups excluding carboxylic acids is 1. The van der Waals surface area contributed by atoms with Crippen LogP contribution in [0.25, 0.3) is 17.1 Å². The van der Waals surface area contributed by atoms with Gasteiger partial charge < -0.3 is 19.4 Å². The van der Waals surface area contributed by atoms with Crippen LogP contribution in [0.4, 0.5) is 0 Å². The zero-order chi connectivity index (χ0) is 26.0. The quantitative estimate of drug-likeness (QED) is 0.231. The maximum atomic E-state index is 12.7. The molecule has 0 fully saturated rings. The van der Waals surface area contributed by atoms with E-state index in [0.717, 1.165) is 52.4 Å². The third kappa shape index (κ3) is 6.79. The molecule has 0 bridgehead atoms. The summed E-state index contributed by atoms with van der Waals surface area (Å²) in [6.07, 6.45) is 5.96. The number of hydrogen-bond donors (Lipinski definition) is 1. The van der Waals surface area contributed by atoms with Crippen LogP contribution in [-0.2, 0) is 17.8 Å². The first kappa shape index (κ1) is 26.0. The lowest BCUT2D eigenvalue weighted by Crippen LogP contribution is -2.29. The highest BCUT2D eigenvalue weighted by Crippen LogP contribution is 2.29. The molecular weight excluding hydrogens is 462 g/mol. The van der Waals surface area contributed by atoms with Gasteiger partial charge in [-0.05, 0) is 62.1 Å². The average molecular weight is 498 g/mol. The maximum absolute atomic E-state index is 12.7. The highest BCUT2D eigenvalue weighted by molar-refractivity contribution is 5.78. The highest BCUT2D eigenvalue weighted by Gasteiger charge is 2.18. The second-order valence-corrected chi connectivity index (χ2v) is 9.00. The van der Waals surface area contributed by atoms with Gasteiger partial charge in [-0.2, -0.15) is 0 Å². The second-order valence-electron chi connectivity index (χ2n) is 9.00. The van der Waals surface area contributed by atoms with Crippen molar-refractivity contribution >= 4 is 23.0 Å².